The number of hydrogen-bond acceptors (Lipinski definition) is 3. The van der Waals surface area contributed by atoms with Crippen LogP contribution in [0.1, 0.15) is 22.8 Å². The summed E-state index contributed by atoms with van der Waals surface area (Å²) < 4.78 is 13.4. The van der Waals surface area contributed by atoms with E-state index in [1.165, 1.54) is 6.07 Å². The molecule has 0 aliphatic rings. The molecule has 5 heteroatoms. The average Bonchev–Trinajstić information content (AvgIpc) is 2.49. The molecule has 0 saturated heterocycles. The first kappa shape index (κ1) is 15.0. The Morgan fingerprint density at radius 3 is 2.71 bits per heavy atom. The first-order chi connectivity index (χ1) is 10.1. The molecule has 21 heavy (non-hydrogen) atoms. The minimum Gasteiger partial charge on any atom is -0.370 e. The van der Waals surface area contributed by atoms with Crippen LogP contribution in [0.5, 0.6) is 0 Å². The van der Waals surface area contributed by atoms with Crippen LogP contribution in [0.25, 0.3) is 0 Å². The number of carbonyl (C=O) groups excluding carboxylic acids is 1. The summed E-state index contributed by atoms with van der Waals surface area (Å²) in [5.74, 6) is -0.376. The van der Waals surface area contributed by atoms with Crippen LogP contribution >= 0.6 is 0 Å². The lowest BCUT2D eigenvalue weighted by Crippen LogP contribution is -2.27. The Balaban J connectivity index is 2.20. The molecule has 0 radical (unpaired) electrons. The van der Waals surface area contributed by atoms with Crippen LogP contribution in [0.15, 0.2) is 42.6 Å². The van der Waals surface area contributed by atoms with Crippen molar-refractivity contribution in [2.24, 2.45) is 0 Å². The molecule has 0 aliphatic heterocycles. The number of nitrogens with one attached hydrogen (secondary N) is 1. The molecule has 0 spiro atoms. The van der Waals surface area contributed by atoms with Crippen molar-refractivity contribution in [2.45, 2.75) is 13.5 Å². The first-order valence-corrected chi connectivity index (χ1v) is 6.80. The van der Waals surface area contributed by atoms with Gasteiger partial charge in [-0.3, -0.25) is 4.79 Å². The molecule has 0 fully saturated rings. The summed E-state index contributed by atoms with van der Waals surface area (Å²) in [4.78, 5) is 18.0. The van der Waals surface area contributed by atoms with E-state index in [1.807, 2.05) is 37.3 Å². The zero-order chi connectivity index (χ0) is 15.2. The van der Waals surface area contributed by atoms with Crippen molar-refractivity contribution < 1.29 is 9.18 Å². The molecule has 0 atom stereocenters. The van der Waals surface area contributed by atoms with E-state index < -0.39 is 5.82 Å². The second kappa shape index (κ2) is 6.83. The summed E-state index contributed by atoms with van der Waals surface area (Å²) in [7, 11) is 1.69. The van der Waals surface area contributed by atoms with Crippen molar-refractivity contribution in [3.63, 3.8) is 0 Å². The smallest absolute Gasteiger partial charge is 0.257 e. The number of carbonyl (C=O) groups is 1. The van der Waals surface area contributed by atoms with Gasteiger partial charge in [0, 0.05) is 20.1 Å². The van der Waals surface area contributed by atoms with Crippen molar-refractivity contribution in [1.29, 1.82) is 0 Å². The molecular formula is C16H18FN3O. The number of anilines is 1. The molecule has 1 aromatic heterocycles. The topological polar surface area (TPSA) is 45.2 Å². The predicted molar refractivity (Wildman–Crippen MR) is 80.6 cm³/mol. The fraction of sp³-hybridized carbons (Fsp3) is 0.250. The van der Waals surface area contributed by atoms with Gasteiger partial charge in [-0.15, -0.1) is 0 Å². The van der Waals surface area contributed by atoms with Crippen LogP contribution in [0.4, 0.5) is 10.2 Å². The fourth-order valence-electron chi connectivity index (χ4n) is 2.05. The van der Waals surface area contributed by atoms with Crippen molar-refractivity contribution in [3.05, 3.63) is 59.5 Å². The van der Waals surface area contributed by atoms with Crippen molar-refractivity contribution >= 4 is 11.7 Å². The lowest BCUT2D eigenvalue weighted by molar-refractivity contribution is 0.0785. The zero-order valence-electron chi connectivity index (χ0n) is 12.1. The molecule has 0 bridgehead atoms. The Labute approximate surface area is 123 Å². The summed E-state index contributed by atoms with van der Waals surface area (Å²) in [6.07, 6.45) is 1.10. The first-order valence-electron chi connectivity index (χ1n) is 6.80. The van der Waals surface area contributed by atoms with Crippen LogP contribution in [0.2, 0.25) is 0 Å². The molecule has 1 heterocycles. The molecule has 110 valence electrons. The van der Waals surface area contributed by atoms with Gasteiger partial charge < -0.3 is 10.2 Å². The number of pyridine rings is 1. The van der Waals surface area contributed by atoms with Gasteiger partial charge in [0.25, 0.3) is 5.91 Å². The predicted octanol–water partition coefficient (Wildman–Crippen LogP) is 2.92. The third-order valence-corrected chi connectivity index (χ3v) is 3.04. The summed E-state index contributed by atoms with van der Waals surface area (Å²) in [6.45, 7) is 2.97. The number of nitrogens with zero attached hydrogens (tertiary/aromatic N) is 2. The minimum atomic E-state index is -0.520. The normalized spacial score (nSPS) is 10.2. The maximum atomic E-state index is 13.4. The third kappa shape index (κ3) is 3.78. The second-order valence-corrected chi connectivity index (χ2v) is 4.73. The van der Waals surface area contributed by atoms with E-state index in [-0.39, 0.29) is 11.5 Å². The Kier molecular flexibility index (Phi) is 4.87. The highest BCUT2D eigenvalue weighted by Crippen LogP contribution is 2.16. The Morgan fingerprint density at radius 1 is 1.33 bits per heavy atom. The maximum absolute atomic E-state index is 13.4. The van der Waals surface area contributed by atoms with E-state index in [1.54, 1.807) is 11.9 Å². The lowest BCUT2D eigenvalue weighted by atomic mass is 10.2. The van der Waals surface area contributed by atoms with Gasteiger partial charge in [-0.05, 0) is 18.6 Å². The van der Waals surface area contributed by atoms with Crippen molar-refractivity contribution in [2.75, 3.05) is 18.9 Å². The van der Waals surface area contributed by atoms with Gasteiger partial charge in [0.15, 0.2) is 0 Å². The van der Waals surface area contributed by atoms with Gasteiger partial charge in [0.05, 0.1) is 11.8 Å². The molecule has 4 nitrogen and oxygen atoms in total. The Hall–Kier alpha value is -2.43. The van der Waals surface area contributed by atoms with Crippen LogP contribution < -0.4 is 5.32 Å². The minimum absolute atomic E-state index is 0.246. The Morgan fingerprint density at radius 2 is 2.05 bits per heavy atom. The van der Waals surface area contributed by atoms with Crippen molar-refractivity contribution in [3.8, 4) is 0 Å². The zero-order valence-corrected chi connectivity index (χ0v) is 12.1. The molecule has 0 aliphatic carbocycles. The molecule has 0 saturated carbocycles. The average molecular weight is 287 g/mol. The number of hydrogen-bond donors (Lipinski definition) is 1. The molecule has 1 aromatic carbocycles. The van der Waals surface area contributed by atoms with E-state index in [2.05, 4.69) is 10.3 Å². The number of benzene rings is 1. The van der Waals surface area contributed by atoms with E-state index in [0.717, 1.165) is 11.8 Å². The molecule has 0 unspecified atom stereocenters. The van der Waals surface area contributed by atoms with Gasteiger partial charge in [-0.2, -0.15) is 0 Å². The standard InChI is InChI=1S/C16H18FN3O/c1-3-18-15-14(9-13(17)10-19-15)16(21)20(2)11-12-7-5-4-6-8-12/h4-10H,3,11H2,1-2H3,(H,18,19). The van der Waals surface area contributed by atoms with Crippen LogP contribution in [0.3, 0.4) is 0 Å². The monoisotopic (exact) mass is 287 g/mol. The highest BCUT2D eigenvalue weighted by molar-refractivity contribution is 5.98. The summed E-state index contributed by atoms with van der Waals surface area (Å²) in [5.41, 5.74) is 1.26. The van der Waals surface area contributed by atoms with Gasteiger partial charge in [-0.25, -0.2) is 9.37 Å². The van der Waals surface area contributed by atoms with Gasteiger partial charge in [0.2, 0.25) is 0 Å². The highest BCUT2D eigenvalue weighted by Gasteiger charge is 2.18. The van der Waals surface area contributed by atoms with Crippen molar-refractivity contribution in [1.82, 2.24) is 9.88 Å². The highest BCUT2D eigenvalue weighted by atomic mass is 19.1. The van der Waals surface area contributed by atoms with Crippen LogP contribution in [0, 0.1) is 5.82 Å². The van der Waals surface area contributed by atoms with Gasteiger partial charge in [0.1, 0.15) is 11.6 Å². The number of amides is 1. The van der Waals surface area contributed by atoms with E-state index in [0.29, 0.717) is 18.9 Å². The van der Waals surface area contributed by atoms with Gasteiger partial charge >= 0.3 is 0 Å². The maximum Gasteiger partial charge on any atom is 0.257 e. The number of rotatable bonds is 5. The summed E-state index contributed by atoms with van der Waals surface area (Å²) >= 11 is 0. The van der Waals surface area contributed by atoms with Crippen LogP contribution in [-0.4, -0.2) is 29.4 Å². The van der Waals surface area contributed by atoms with E-state index in [9.17, 15) is 9.18 Å². The molecule has 2 aromatic rings. The van der Waals surface area contributed by atoms with E-state index in [4.69, 9.17) is 0 Å². The largest absolute Gasteiger partial charge is 0.370 e. The molecule has 2 rings (SSSR count). The number of aromatic nitrogens is 1. The quantitative estimate of drug-likeness (QED) is 0.919. The van der Waals surface area contributed by atoms with E-state index >= 15 is 0 Å². The number of halogens is 1. The SMILES string of the molecule is CCNc1ncc(F)cc1C(=O)N(C)Cc1ccccc1. The lowest BCUT2D eigenvalue weighted by Gasteiger charge is -2.19. The van der Waals surface area contributed by atoms with Crippen LogP contribution in [-0.2, 0) is 6.54 Å². The summed E-state index contributed by atoms with van der Waals surface area (Å²) in [5, 5.41) is 2.98. The molecule has 1 amide bonds. The van der Waals surface area contributed by atoms with Gasteiger partial charge in [-0.1, -0.05) is 30.3 Å². The fourth-order valence-corrected chi connectivity index (χ4v) is 2.05. The second-order valence-electron chi connectivity index (χ2n) is 4.73. The molecular weight excluding hydrogens is 269 g/mol. The molecule has 1 N–H and O–H groups in total. The Bertz CT molecular complexity index is 616. The third-order valence-electron chi connectivity index (χ3n) is 3.04. The summed E-state index contributed by atoms with van der Waals surface area (Å²) in [6, 6.07) is 10.9.